The molecule has 0 spiro atoms. The number of sulfonamides is 1. The van der Waals surface area contributed by atoms with Gasteiger partial charge in [-0.3, -0.25) is 4.79 Å². The van der Waals surface area contributed by atoms with Gasteiger partial charge in [0.05, 0.1) is 40.4 Å². The number of hydrogen-bond acceptors (Lipinski definition) is 5. The molecule has 0 saturated carbocycles. The summed E-state index contributed by atoms with van der Waals surface area (Å²) in [6.45, 7) is 1.43. The highest BCUT2D eigenvalue weighted by molar-refractivity contribution is 7.89. The van der Waals surface area contributed by atoms with Crippen LogP contribution in [0, 0.1) is 0 Å². The molecule has 0 aliphatic carbocycles. The van der Waals surface area contributed by atoms with Crippen molar-refractivity contribution in [1.29, 1.82) is 0 Å². The van der Waals surface area contributed by atoms with Gasteiger partial charge in [0.25, 0.3) is 0 Å². The van der Waals surface area contributed by atoms with Gasteiger partial charge >= 0.3 is 0 Å². The number of morpholine rings is 1. The van der Waals surface area contributed by atoms with Gasteiger partial charge in [0.15, 0.2) is 5.78 Å². The number of ether oxygens (including phenoxy) is 1. The monoisotopic (exact) mass is 428 g/mol. The van der Waals surface area contributed by atoms with Crippen LogP contribution < -0.4 is 5.32 Å². The van der Waals surface area contributed by atoms with Crippen LogP contribution in [0.2, 0.25) is 10.0 Å². The quantitative estimate of drug-likeness (QED) is 0.714. The second-order valence-corrected chi connectivity index (χ2v) is 8.64. The molecule has 1 N–H and O–H groups in total. The number of carbonyl (C=O) groups is 1. The molecule has 9 heteroatoms. The van der Waals surface area contributed by atoms with Crippen LogP contribution >= 0.6 is 23.2 Å². The van der Waals surface area contributed by atoms with Crippen molar-refractivity contribution in [2.24, 2.45) is 0 Å². The molecule has 0 aromatic heterocycles. The lowest BCUT2D eigenvalue weighted by molar-refractivity contribution is 0.0730. The molecule has 1 aliphatic rings. The molecule has 3 rings (SSSR count). The molecule has 1 heterocycles. The minimum Gasteiger partial charge on any atom is -0.379 e. The molecular formula is C18H18Cl2N2O4S. The predicted molar refractivity (Wildman–Crippen MR) is 105 cm³/mol. The Bertz CT molecular complexity index is 927. The average molecular weight is 429 g/mol. The van der Waals surface area contributed by atoms with E-state index in [0.717, 1.165) is 0 Å². The highest BCUT2D eigenvalue weighted by Gasteiger charge is 2.26. The maximum atomic E-state index is 12.6. The summed E-state index contributed by atoms with van der Waals surface area (Å²) >= 11 is 12.0. The topological polar surface area (TPSA) is 75.7 Å². The van der Waals surface area contributed by atoms with Crippen LogP contribution in [0.25, 0.3) is 0 Å². The standard InChI is InChI=1S/C18H18Cl2N2O4S/c19-15-2-1-3-16(18(15)20)21-12-17(23)13-4-6-14(7-5-13)27(24,25)22-8-10-26-11-9-22/h1-7,21H,8-12H2. The molecule has 0 radical (unpaired) electrons. The Hall–Kier alpha value is -1.64. The summed E-state index contributed by atoms with van der Waals surface area (Å²) in [5.41, 5.74) is 0.964. The van der Waals surface area contributed by atoms with Crippen molar-refractivity contribution in [2.75, 3.05) is 38.2 Å². The first-order valence-electron chi connectivity index (χ1n) is 8.28. The maximum Gasteiger partial charge on any atom is 0.243 e. The van der Waals surface area contributed by atoms with Crippen LogP contribution in [-0.4, -0.2) is 51.4 Å². The van der Waals surface area contributed by atoms with E-state index in [0.29, 0.717) is 47.6 Å². The van der Waals surface area contributed by atoms with E-state index in [1.54, 1.807) is 18.2 Å². The number of Topliss-reactive ketones (excluding diaryl/α,β-unsaturated/α-hetero) is 1. The number of ketones is 1. The lowest BCUT2D eigenvalue weighted by atomic mass is 10.1. The first-order chi connectivity index (χ1) is 12.9. The highest BCUT2D eigenvalue weighted by Crippen LogP contribution is 2.29. The number of carbonyl (C=O) groups excluding carboxylic acids is 1. The zero-order valence-corrected chi connectivity index (χ0v) is 16.6. The first kappa shape index (κ1) is 20.1. The Morgan fingerprint density at radius 3 is 2.41 bits per heavy atom. The fourth-order valence-corrected chi connectivity index (χ4v) is 4.44. The lowest BCUT2D eigenvalue weighted by Gasteiger charge is -2.26. The molecule has 6 nitrogen and oxygen atoms in total. The van der Waals surface area contributed by atoms with Crippen LogP contribution in [0.1, 0.15) is 10.4 Å². The van der Waals surface area contributed by atoms with Gasteiger partial charge in [-0.2, -0.15) is 4.31 Å². The van der Waals surface area contributed by atoms with Crippen molar-refractivity contribution >= 4 is 44.7 Å². The predicted octanol–water partition coefficient (Wildman–Crippen LogP) is 3.31. The molecule has 0 unspecified atom stereocenters. The number of nitrogens with one attached hydrogen (secondary N) is 1. The maximum absolute atomic E-state index is 12.6. The third-order valence-corrected chi connectivity index (χ3v) is 6.91. The SMILES string of the molecule is O=C(CNc1cccc(Cl)c1Cl)c1ccc(S(=O)(=O)N2CCOCC2)cc1. The molecular weight excluding hydrogens is 411 g/mol. The van der Waals surface area contributed by atoms with Gasteiger partial charge in [0, 0.05) is 18.7 Å². The zero-order valence-electron chi connectivity index (χ0n) is 14.3. The van der Waals surface area contributed by atoms with Gasteiger partial charge in [-0.05, 0) is 36.4 Å². The number of benzene rings is 2. The molecule has 0 amide bonds. The van der Waals surface area contributed by atoms with E-state index in [9.17, 15) is 13.2 Å². The summed E-state index contributed by atoms with van der Waals surface area (Å²) in [6.07, 6.45) is 0. The first-order valence-corrected chi connectivity index (χ1v) is 10.5. The molecule has 1 fully saturated rings. The Kier molecular flexibility index (Phi) is 6.39. The summed E-state index contributed by atoms with van der Waals surface area (Å²) in [7, 11) is -3.58. The van der Waals surface area contributed by atoms with Crippen LogP contribution in [0.4, 0.5) is 5.69 Å². The van der Waals surface area contributed by atoms with Gasteiger partial charge in [-0.1, -0.05) is 29.3 Å². The zero-order chi connectivity index (χ0) is 19.4. The molecule has 1 saturated heterocycles. The molecule has 144 valence electrons. The molecule has 2 aromatic rings. The van der Waals surface area contributed by atoms with E-state index in [4.69, 9.17) is 27.9 Å². The van der Waals surface area contributed by atoms with Crippen LogP contribution in [0.5, 0.6) is 0 Å². The van der Waals surface area contributed by atoms with Gasteiger partial charge in [-0.25, -0.2) is 8.42 Å². The Balaban J connectivity index is 1.67. The van der Waals surface area contributed by atoms with Gasteiger partial charge in [0.1, 0.15) is 0 Å². The number of nitrogens with zero attached hydrogens (tertiary/aromatic N) is 1. The van der Waals surface area contributed by atoms with E-state index in [2.05, 4.69) is 5.32 Å². The van der Waals surface area contributed by atoms with Gasteiger partial charge in [-0.15, -0.1) is 0 Å². The summed E-state index contributed by atoms with van der Waals surface area (Å²) in [5, 5.41) is 3.68. The van der Waals surface area contributed by atoms with Crippen LogP contribution in [0.3, 0.4) is 0 Å². The van der Waals surface area contributed by atoms with E-state index in [1.807, 2.05) is 0 Å². The fourth-order valence-electron chi connectivity index (χ4n) is 2.67. The minimum absolute atomic E-state index is 0.00955. The molecule has 0 atom stereocenters. The Morgan fingerprint density at radius 1 is 1.07 bits per heavy atom. The normalized spacial score (nSPS) is 15.5. The molecule has 27 heavy (non-hydrogen) atoms. The van der Waals surface area contributed by atoms with Crippen molar-refractivity contribution in [3.05, 3.63) is 58.1 Å². The number of anilines is 1. The third-order valence-electron chi connectivity index (χ3n) is 4.18. The van der Waals surface area contributed by atoms with E-state index >= 15 is 0 Å². The van der Waals surface area contributed by atoms with Crippen molar-refractivity contribution in [1.82, 2.24) is 4.31 Å². The number of rotatable bonds is 6. The van der Waals surface area contributed by atoms with E-state index in [-0.39, 0.29) is 17.2 Å². The lowest BCUT2D eigenvalue weighted by Crippen LogP contribution is -2.40. The summed E-state index contributed by atoms with van der Waals surface area (Å²) < 4.78 is 31.8. The third kappa shape index (κ3) is 4.62. The second-order valence-electron chi connectivity index (χ2n) is 5.92. The summed E-state index contributed by atoms with van der Waals surface area (Å²) in [6, 6.07) is 11.0. The largest absolute Gasteiger partial charge is 0.379 e. The number of hydrogen-bond donors (Lipinski definition) is 1. The number of halogens is 2. The van der Waals surface area contributed by atoms with Crippen molar-refractivity contribution in [2.45, 2.75) is 4.90 Å². The minimum atomic E-state index is -3.58. The fraction of sp³-hybridized carbons (Fsp3) is 0.278. The van der Waals surface area contributed by atoms with Crippen molar-refractivity contribution in [3.63, 3.8) is 0 Å². The van der Waals surface area contributed by atoms with Crippen LogP contribution in [0.15, 0.2) is 47.4 Å². The van der Waals surface area contributed by atoms with Crippen LogP contribution in [-0.2, 0) is 14.8 Å². The summed E-state index contributed by atoms with van der Waals surface area (Å²) in [5.74, 6) is -0.193. The molecule has 1 aliphatic heterocycles. The van der Waals surface area contributed by atoms with Gasteiger partial charge < -0.3 is 10.1 Å². The van der Waals surface area contributed by atoms with E-state index < -0.39 is 10.0 Å². The highest BCUT2D eigenvalue weighted by atomic mass is 35.5. The van der Waals surface area contributed by atoms with E-state index in [1.165, 1.54) is 28.6 Å². The summed E-state index contributed by atoms with van der Waals surface area (Å²) in [4.78, 5) is 12.5. The Morgan fingerprint density at radius 2 is 1.74 bits per heavy atom. The second kappa shape index (κ2) is 8.58. The van der Waals surface area contributed by atoms with Crippen molar-refractivity contribution in [3.8, 4) is 0 Å². The average Bonchev–Trinajstić information content (AvgIpc) is 2.69. The molecule has 0 bridgehead atoms. The smallest absolute Gasteiger partial charge is 0.243 e. The van der Waals surface area contributed by atoms with Gasteiger partial charge in [0.2, 0.25) is 10.0 Å². The molecule has 2 aromatic carbocycles. The Labute approximate surface area is 168 Å². The van der Waals surface area contributed by atoms with Crippen molar-refractivity contribution < 1.29 is 17.9 Å².